The monoisotopic (exact) mass is 455 g/mol. The first-order valence-electron chi connectivity index (χ1n) is 9.93. The summed E-state index contributed by atoms with van der Waals surface area (Å²) in [5, 5.41) is 12.2. The van der Waals surface area contributed by atoms with Crippen molar-refractivity contribution in [2.45, 2.75) is 19.0 Å². The third-order valence-corrected chi connectivity index (χ3v) is 5.81. The van der Waals surface area contributed by atoms with Crippen LogP contribution in [0.25, 0.3) is 0 Å². The Labute approximate surface area is 187 Å². The second kappa shape index (κ2) is 7.79. The largest absolute Gasteiger partial charge is 0.486 e. The number of benzene rings is 2. The van der Waals surface area contributed by atoms with Gasteiger partial charge in [-0.2, -0.15) is 5.11 Å². The molecule has 0 spiro atoms. The molecule has 2 aromatic carbocycles. The maximum Gasteiger partial charge on any atom is 0.263 e. The van der Waals surface area contributed by atoms with E-state index in [0.717, 1.165) is 10.5 Å². The molecule has 5 rings (SSSR count). The summed E-state index contributed by atoms with van der Waals surface area (Å²) in [6.45, 7) is 2.48. The second-order valence-electron chi connectivity index (χ2n) is 7.54. The quantitative estimate of drug-likeness (QED) is 0.708. The Balaban J connectivity index is 1.29. The number of halogens is 1. The normalized spacial score (nSPS) is 21.2. The molecule has 10 nitrogen and oxygen atoms in total. The molecule has 3 aliphatic heterocycles. The van der Waals surface area contributed by atoms with Crippen LogP contribution in [0.4, 0.5) is 11.4 Å². The van der Waals surface area contributed by atoms with Gasteiger partial charge in [0.15, 0.2) is 23.6 Å². The highest BCUT2D eigenvalue weighted by Gasteiger charge is 2.55. The van der Waals surface area contributed by atoms with Gasteiger partial charge in [-0.05, 0) is 36.8 Å². The number of amides is 3. The lowest BCUT2D eigenvalue weighted by molar-refractivity contribution is -0.123. The van der Waals surface area contributed by atoms with Crippen molar-refractivity contribution in [1.82, 2.24) is 5.01 Å². The van der Waals surface area contributed by atoms with Gasteiger partial charge in [0.2, 0.25) is 5.91 Å². The SMILES string of the molecule is Cc1ccc(N2C(=O)C3N=NN(CC(=O)Nc4ccc5c(c4)OCCO5)C3C2=O)cc1Cl. The second-order valence-corrected chi connectivity index (χ2v) is 7.95. The van der Waals surface area contributed by atoms with E-state index < -0.39 is 29.8 Å². The average molecular weight is 456 g/mol. The van der Waals surface area contributed by atoms with E-state index in [2.05, 4.69) is 15.7 Å². The van der Waals surface area contributed by atoms with Gasteiger partial charge < -0.3 is 14.8 Å². The number of anilines is 2. The number of carbonyl (C=O) groups is 3. The average Bonchev–Trinajstić information content (AvgIpc) is 3.29. The maximum atomic E-state index is 13.0. The zero-order valence-electron chi connectivity index (χ0n) is 16.9. The summed E-state index contributed by atoms with van der Waals surface area (Å²) in [4.78, 5) is 39.5. The van der Waals surface area contributed by atoms with Crippen LogP contribution in [0.3, 0.4) is 0 Å². The third kappa shape index (κ3) is 3.42. The van der Waals surface area contributed by atoms with Gasteiger partial charge >= 0.3 is 0 Å². The van der Waals surface area contributed by atoms with Crippen molar-refractivity contribution < 1.29 is 23.9 Å². The van der Waals surface area contributed by atoms with E-state index in [0.29, 0.717) is 41.1 Å². The topological polar surface area (TPSA) is 113 Å². The van der Waals surface area contributed by atoms with E-state index in [1.54, 1.807) is 36.4 Å². The Bertz CT molecular complexity index is 1170. The molecule has 32 heavy (non-hydrogen) atoms. The van der Waals surface area contributed by atoms with Gasteiger partial charge in [-0.15, -0.1) is 0 Å². The Morgan fingerprint density at radius 3 is 2.69 bits per heavy atom. The number of nitrogens with zero attached hydrogens (tertiary/aromatic N) is 4. The Hall–Kier alpha value is -3.66. The molecule has 0 saturated carbocycles. The first-order valence-corrected chi connectivity index (χ1v) is 10.3. The van der Waals surface area contributed by atoms with Gasteiger partial charge in [0.1, 0.15) is 19.8 Å². The molecule has 11 heteroatoms. The van der Waals surface area contributed by atoms with Crippen molar-refractivity contribution in [2.24, 2.45) is 10.3 Å². The molecule has 164 valence electrons. The predicted molar refractivity (Wildman–Crippen MR) is 114 cm³/mol. The van der Waals surface area contributed by atoms with Crippen LogP contribution in [0.1, 0.15) is 5.56 Å². The lowest BCUT2D eigenvalue weighted by Crippen LogP contribution is -2.43. The minimum atomic E-state index is -0.996. The minimum Gasteiger partial charge on any atom is -0.486 e. The first kappa shape index (κ1) is 20.3. The molecule has 1 saturated heterocycles. The molecule has 0 aromatic heterocycles. The van der Waals surface area contributed by atoms with Gasteiger partial charge in [0, 0.05) is 16.8 Å². The van der Waals surface area contributed by atoms with Gasteiger partial charge in [-0.25, -0.2) is 4.90 Å². The van der Waals surface area contributed by atoms with Gasteiger partial charge in [-0.3, -0.25) is 19.4 Å². The van der Waals surface area contributed by atoms with Crippen LogP contribution in [-0.2, 0) is 14.4 Å². The van der Waals surface area contributed by atoms with Crippen molar-refractivity contribution in [3.8, 4) is 11.5 Å². The Morgan fingerprint density at radius 1 is 1.12 bits per heavy atom. The van der Waals surface area contributed by atoms with Gasteiger partial charge in [0.05, 0.1) is 5.69 Å². The van der Waals surface area contributed by atoms with Crippen molar-refractivity contribution in [3.05, 3.63) is 47.0 Å². The minimum absolute atomic E-state index is 0.249. The van der Waals surface area contributed by atoms with E-state index in [-0.39, 0.29) is 6.54 Å². The Morgan fingerprint density at radius 2 is 1.91 bits per heavy atom. The predicted octanol–water partition coefficient (Wildman–Crippen LogP) is 2.35. The third-order valence-electron chi connectivity index (χ3n) is 5.40. The molecule has 2 unspecified atom stereocenters. The van der Waals surface area contributed by atoms with Gasteiger partial charge in [0.25, 0.3) is 11.8 Å². The Kier molecular flexibility index (Phi) is 4.93. The molecule has 3 aliphatic rings. The summed E-state index contributed by atoms with van der Waals surface area (Å²) in [5.41, 5.74) is 1.70. The lowest BCUT2D eigenvalue weighted by Gasteiger charge is -2.21. The molecule has 3 amide bonds. The molecule has 0 aliphatic carbocycles. The van der Waals surface area contributed by atoms with E-state index in [1.807, 2.05) is 6.92 Å². The molecular weight excluding hydrogens is 438 g/mol. The van der Waals surface area contributed by atoms with E-state index in [1.165, 1.54) is 5.01 Å². The van der Waals surface area contributed by atoms with Crippen molar-refractivity contribution in [3.63, 3.8) is 0 Å². The fourth-order valence-corrected chi connectivity index (χ4v) is 3.97. The fraction of sp³-hybridized carbons (Fsp3) is 0.286. The van der Waals surface area contributed by atoms with Crippen LogP contribution >= 0.6 is 11.6 Å². The molecule has 0 bridgehead atoms. The summed E-state index contributed by atoms with van der Waals surface area (Å²) in [6.07, 6.45) is 0. The van der Waals surface area contributed by atoms with E-state index in [4.69, 9.17) is 21.1 Å². The number of carbonyl (C=O) groups excluding carboxylic acids is 3. The maximum absolute atomic E-state index is 13.0. The number of aryl methyl sites for hydroxylation is 1. The van der Waals surface area contributed by atoms with Crippen molar-refractivity contribution in [1.29, 1.82) is 0 Å². The highest BCUT2D eigenvalue weighted by atomic mass is 35.5. The number of hydrogen-bond donors (Lipinski definition) is 1. The number of nitrogens with one attached hydrogen (secondary N) is 1. The highest BCUT2D eigenvalue weighted by molar-refractivity contribution is 6.32. The number of rotatable bonds is 4. The summed E-state index contributed by atoms with van der Waals surface area (Å²) in [6, 6.07) is 8.02. The number of ether oxygens (including phenoxy) is 2. The standard InChI is InChI=1S/C21H18ClN5O5/c1-11-2-4-13(9-14(11)22)27-20(29)18-19(21(27)30)26(25-24-18)10-17(28)23-12-3-5-15-16(8-12)32-7-6-31-15/h2-5,8-9,18-19H,6-7,10H2,1H3,(H,23,28). The number of fused-ring (bicyclic) bond motifs is 2. The molecule has 2 atom stereocenters. The zero-order valence-corrected chi connectivity index (χ0v) is 17.7. The number of hydrogen-bond acceptors (Lipinski definition) is 8. The summed E-state index contributed by atoms with van der Waals surface area (Å²) in [5.74, 6) is -0.274. The van der Waals surface area contributed by atoms with Crippen LogP contribution in [0.2, 0.25) is 5.02 Å². The first-order chi connectivity index (χ1) is 15.4. The number of imide groups is 1. The van der Waals surface area contributed by atoms with E-state index in [9.17, 15) is 14.4 Å². The fourth-order valence-electron chi connectivity index (χ4n) is 3.80. The molecule has 3 heterocycles. The van der Waals surface area contributed by atoms with Crippen molar-refractivity contribution in [2.75, 3.05) is 30.0 Å². The van der Waals surface area contributed by atoms with Crippen molar-refractivity contribution >= 4 is 40.7 Å². The molecule has 2 aromatic rings. The molecular formula is C21H18ClN5O5. The van der Waals surface area contributed by atoms with Crippen LogP contribution in [0.5, 0.6) is 11.5 Å². The molecule has 1 fully saturated rings. The van der Waals surface area contributed by atoms with Gasteiger partial charge in [-0.1, -0.05) is 22.9 Å². The summed E-state index contributed by atoms with van der Waals surface area (Å²) >= 11 is 6.16. The van der Waals surface area contributed by atoms with E-state index >= 15 is 0 Å². The lowest BCUT2D eigenvalue weighted by atomic mass is 10.1. The van der Waals surface area contributed by atoms with Crippen LogP contribution in [0.15, 0.2) is 46.7 Å². The summed E-state index contributed by atoms with van der Waals surface area (Å²) < 4.78 is 11.0. The van der Waals surface area contributed by atoms with Crippen LogP contribution < -0.4 is 19.7 Å². The van der Waals surface area contributed by atoms with Crippen LogP contribution in [0, 0.1) is 6.92 Å². The van der Waals surface area contributed by atoms with Crippen LogP contribution in [-0.4, -0.2) is 54.6 Å². The molecule has 0 radical (unpaired) electrons. The zero-order chi connectivity index (χ0) is 22.4. The summed E-state index contributed by atoms with van der Waals surface area (Å²) in [7, 11) is 0. The smallest absolute Gasteiger partial charge is 0.263 e. The molecule has 1 N–H and O–H groups in total. The highest BCUT2D eigenvalue weighted by Crippen LogP contribution is 2.34.